The van der Waals surface area contributed by atoms with Crippen LogP contribution in [0, 0.1) is 0 Å². The summed E-state index contributed by atoms with van der Waals surface area (Å²) in [6.07, 6.45) is 2.01. The molecule has 1 aromatic carbocycles. The third kappa shape index (κ3) is 2.64. The van der Waals surface area contributed by atoms with Gasteiger partial charge in [-0.2, -0.15) is 0 Å². The first-order valence-corrected chi connectivity index (χ1v) is 6.26. The first-order chi connectivity index (χ1) is 9.15. The lowest BCUT2D eigenvalue weighted by atomic mass is 10.0. The molecule has 2 rings (SSSR count). The third-order valence-electron chi connectivity index (χ3n) is 3.54. The summed E-state index contributed by atoms with van der Waals surface area (Å²) in [4.78, 5) is 0. The molecule has 0 spiro atoms. The monoisotopic (exact) mass is 264 g/mol. The van der Waals surface area contributed by atoms with Crippen molar-refractivity contribution in [3.63, 3.8) is 0 Å². The molecular weight excluding hydrogens is 244 g/mol. The van der Waals surface area contributed by atoms with E-state index in [9.17, 15) is 15.3 Å². The maximum atomic E-state index is 9.29. The average molecular weight is 264 g/mol. The summed E-state index contributed by atoms with van der Waals surface area (Å²) in [7, 11) is 1.98. The van der Waals surface area contributed by atoms with E-state index in [-0.39, 0.29) is 19.8 Å². The zero-order chi connectivity index (χ0) is 13.9. The summed E-state index contributed by atoms with van der Waals surface area (Å²) < 4.78 is 2.03. The number of aliphatic hydroxyl groups excluding tert-OH is 3. The second kappa shape index (κ2) is 5.71. The number of nitrogens with zero attached hydrogens (tertiary/aromatic N) is 1. The Labute approximate surface area is 112 Å². The van der Waals surface area contributed by atoms with E-state index in [1.54, 1.807) is 0 Å². The first-order valence-electron chi connectivity index (χ1n) is 6.26. The van der Waals surface area contributed by atoms with Crippen molar-refractivity contribution in [1.82, 2.24) is 9.88 Å². The quantitative estimate of drug-likeness (QED) is 0.591. The third-order valence-corrected chi connectivity index (χ3v) is 3.54. The van der Waals surface area contributed by atoms with Gasteiger partial charge in [0.05, 0.1) is 25.4 Å². The number of rotatable bonds is 6. The van der Waals surface area contributed by atoms with Crippen LogP contribution in [0.25, 0.3) is 10.9 Å². The van der Waals surface area contributed by atoms with Gasteiger partial charge in [0.1, 0.15) is 0 Å². The molecule has 0 amide bonds. The highest BCUT2D eigenvalue weighted by Crippen LogP contribution is 2.20. The van der Waals surface area contributed by atoms with Gasteiger partial charge in [-0.15, -0.1) is 0 Å². The Bertz CT molecular complexity index is 538. The Morgan fingerprint density at radius 2 is 1.74 bits per heavy atom. The number of aryl methyl sites for hydroxylation is 1. The van der Waals surface area contributed by atoms with E-state index in [1.807, 2.05) is 42.1 Å². The summed E-state index contributed by atoms with van der Waals surface area (Å²) in [5.74, 6) is 0. The maximum Gasteiger partial charge on any atom is 0.0884 e. The number of benzene rings is 1. The number of fused-ring (bicyclic) bond motifs is 1. The Balaban J connectivity index is 2.22. The second-order valence-electron chi connectivity index (χ2n) is 4.89. The molecule has 0 saturated carbocycles. The van der Waals surface area contributed by atoms with E-state index in [1.165, 1.54) is 0 Å². The highest BCUT2D eigenvalue weighted by molar-refractivity contribution is 5.83. The van der Waals surface area contributed by atoms with Crippen LogP contribution in [-0.4, -0.2) is 45.2 Å². The standard InChI is InChI=1S/C14H20N2O3/c1-16-7-11(12-4-2-3-5-13(12)16)6-15-14(8-17,9-18)10-19/h2-5,7,15,17-19H,6,8-10H2,1H3. The van der Waals surface area contributed by atoms with Crippen molar-refractivity contribution < 1.29 is 15.3 Å². The lowest BCUT2D eigenvalue weighted by Crippen LogP contribution is -2.54. The predicted molar refractivity (Wildman–Crippen MR) is 73.7 cm³/mol. The lowest BCUT2D eigenvalue weighted by molar-refractivity contribution is 0.0414. The van der Waals surface area contributed by atoms with Gasteiger partial charge < -0.3 is 25.2 Å². The predicted octanol–water partition coefficient (Wildman–Crippen LogP) is -0.0164. The van der Waals surface area contributed by atoms with Crippen LogP contribution < -0.4 is 5.32 Å². The number of nitrogens with one attached hydrogen (secondary N) is 1. The lowest BCUT2D eigenvalue weighted by Gasteiger charge is -2.28. The normalized spacial score (nSPS) is 12.2. The van der Waals surface area contributed by atoms with Crippen molar-refractivity contribution in [2.75, 3.05) is 19.8 Å². The van der Waals surface area contributed by atoms with Crippen molar-refractivity contribution in [1.29, 1.82) is 0 Å². The van der Waals surface area contributed by atoms with E-state index >= 15 is 0 Å². The van der Waals surface area contributed by atoms with E-state index in [0.29, 0.717) is 6.54 Å². The van der Waals surface area contributed by atoms with Gasteiger partial charge in [0.15, 0.2) is 0 Å². The molecule has 2 aromatic rings. The van der Waals surface area contributed by atoms with Crippen LogP contribution in [0.15, 0.2) is 30.5 Å². The number of hydrogen-bond donors (Lipinski definition) is 4. The molecule has 104 valence electrons. The van der Waals surface area contributed by atoms with Gasteiger partial charge in [0, 0.05) is 30.7 Å². The van der Waals surface area contributed by atoms with Crippen LogP contribution in [0.4, 0.5) is 0 Å². The van der Waals surface area contributed by atoms with Crippen LogP contribution in [0.5, 0.6) is 0 Å². The number of aromatic nitrogens is 1. The molecule has 1 heterocycles. The van der Waals surface area contributed by atoms with Crippen molar-refractivity contribution in [2.45, 2.75) is 12.1 Å². The maximum absolute atomic E-state index is 9.29. The molecule has 0 fully saturated rings. The zero-order valence-corrected chi connectivity index (χ0v) is 11.0. The highest BCUT2D eigenvalue weighted by atomic mass is 16.3. The fourth-order valence-corrected chi connectivity index (χ4v) is 2.17. The molecule has 0 aliphatic rings. The molecule has 0 aliphatic heterocycles. The molecule has 4 N–H and O–H groups in total. The van der Waals surface area contributed by atoms with Crippen molar-refractivity contribution >= 4 is 10.9 Å². The van der Waals surface area contributed by atoms with Crippen LogP contribution in [0.2, 0.25) is 0 Å². The van der Waals surface area contributed by atoms with Crippen LogP contribution in [0.3, 0.4) is 0 Å². The Morgan fingerprint density at radius 3 is 2.37 bits per heavy atom. The van der Waals surface area contributed by atoms with Gasteiger partial charge in [-0.3, -0.25) is 0 Å². The minimum absolute atomic E-state index is 0.315. The minimum Gasteiger partial charge on any atom is -0.394 e. The smallest absolute Gasteiger partial charge is 0.0884 e. The van der Waals surface area contributed by atoms with Gasteiger partial charge in [-0.1, -0.05) is 18.2 Å². The van der Waals surface area contributed by atoms with Crippen LogP contribution in [-0.2, 0) is 13.6 Å². The van der Waals surface area contributed by atoms with Gasteiger partial charge in [-0.05, 0) is 11.6 Å². The number of para-hydroxylation sites is 1. The van der Waals surface area contributed by atoms with E-state index < -0.39 is 5.54 Å². The topological polar surface area (TPSA) is 77.7 Å². The molecule has 5 heteroatoms. The molecule has 0 atom stereocenters. The molecule has 0 saturated heterocycles. The largest absolute Gasteiger partial charge is 0.394 e. The Kier molecular flexibility index (Phi) is 4.21. The van der Waals surface area contributed by atoms with Gasteiger partial charge in [0.25, 0.3) is 0 Å². The fraction of sp³-hybridized carbons (Fsp3) is 0.429. The molecule has 19 heavy (non-hydrogen) atoms. The molecule has 0 unspecified atom stereocenters. The van der Waals surface area contributed by atoms with Crippen LogP contribution >= 0.6 is 0 Å². The molecule has 0 aliphatic carbocycles. The van der Waals surface area contributed by atoms with Crippen LogP contribution in [0.1, 0.15) is 5.56 Å². The van der Waals surface area contributed by atoms with E-state index in [4.69, 9.17) is 0 Å². The summed E-state index contributed by atoms with van der Waals surface area (Å²) in [5.41, 5.74) is 1.15. The fourth-order valence-electron chi connectivity index (χ4n) is 2.17. The summed E-state index contributed by atoms with van der Waals surface area (Å²) in [6.45, 7) is -0.469. The van der Waals surface area contributed by atoms with Crippen molar-refractivity contribution in [3.05, 3.63) is 36.0 Å². The SMILES string of the molecule is Cn1cc(CNC(CO)(CO)CO)c2ccccc21. The molecule has 0 bridgehead atoms. The molecule has 0 radical (unpaired) electrons. The average Bonchev–Trinajstić information content (AvgIpc) is 2.78. The zero-order valence-electron chi connectivity index (χ0n) is 11.0. The second-order valence-corrected chi connectivity index (χ2v) is 4.89. The van der Waals surface area contributed by atoms with Gasteiger partial charge in [0.2, 0.25) is 0 Å². The Hall–Kier alpha value is -1.40. The van der Waals surface area contributed by atoms with Crippen molar-refractivity contribution in [3.8, 4) is 0 Å². The molecule has 5 nitrogen and oxygen atoms in total. The number of aliphatic hydroxyl groups is 3. The van der Waals surface area contributed by atoms with E-state index in [2.05, 4.69) is 5.32 Å². The summed E-state index contributed by atoms with van der Waals surface area (Å²) in [6, 6.07) is 8.03. The van der Waals surface area contributed by atoms with Crippen molar-refractivity contribution in [2.24, 2.45) is 7.05 Å². The summed E-state index contributed by atoms with van der Waals surface area (Å²) in [5, 5.41) is 32.0. The van der Waals surface area contributed by atoms with Gasteiger partial charge in [-0.25, -0.2) is 0 Å². The molecular formula is C14H20N2O3. The molecule has 1 aromatic heterocycles. The summed E-state index contributed by atoms with van der Waals surface area (Å²) >= 11 is 0. The number of hydrogen-bond acceptors (Lipinski definition) is 4. The minimum atomic E-state index is -1.04. The van der Waals surface area contributed by atoms with Gasteiger partial charge >= 0.3 is 0 Å². The first kappa shape index (κ1) is 14.0. The Morgan fingerprint density at radius 1 is 1.11 bits per heavy atom. The van der Waals surface area contributed by atoms with E-state index in [0.717, 1.165) is 16.5 Å². The highest BCUT2D eigenvalue weighted by Gasteiger charge is 2.27.